The van der Waals surface area contributed by atoms with E-state index in [1.54, 1.807) is 47.3 Å². The van der Waals surface area contributed by atoms with Crippen LogP contribution in [0.25, 0.3) is 0 Å². The summed E-state index contributed by atoms with van der Waals surface area (Å²) in [5.74, 6) is 0.200. The highest BCUT2D eigenvalue weighted by Crippen LogP contribution is 2.25. The van der Waals surface area contributed by atoms with Crippen LogP contribution in [0.3, 0.4) is 0 Å². The number of rotatable bonds is 6. The second kappa shape index (κ2) is 9.36. The fourth-order valence-corrected chi connectivity index (χ4v) is 3.97. The van der Waals surface area contributed by atoms with Gasteiger partial charge >= 0.3 is 0 Å². The van der Waals surface area contributed by atoms with E-state index in [1.807, 2.05) is 30.7 Å². The van der Waals surface area contributed by atoms with Gasteiger partial charge in [-0.15, -0.1) is 0 Å². The minimum atomic E-state index is -0.244. The largest absolute Gasteiger partial charge is 0.305 e. The monoisotopic (exact) mass is 487 g/mol. The molecule has 1 N–H and O–H groups in total. The molecule has 0 aliphatic rings. The number of aromatic nitrogens is 4. The summed E-state index contributed by atoms with van der Waals surface area (Å²) in [5.41, 5.74) is 4.04. The molecule has 164 valence electrons. The summed E-state index contributed by atoms with van der Waals surface area (Å²) in [6.07, 6.45) is 1.76. The second-order valence-corrected chi connectivity index (χ2v) is 8.58. The molecule has 0 radical (unpaired) electrons. The van der Waals surface area contributed by atoms with Crippen LogP contribution in [0.5, 0.6) is 0 Å². The van der Waals surface area contributed by atoms with Gasteiger partial charge in [0.05, 0.1) is 29.5 Å². The molecule has 4 aromatic rings. The molecule has 0 spiro atoms. The first kappa shape index (κ1) is 22.4. The van der Waals surface area contributed by atoms with Gasteiger partial charge in [0.1, 0.15) is 0 Å². The van der Waals surface area contributed by atoms with Gasteiger partial charge in [-0.3, -0.25) is 14.2 Å². The lowest BCUT2D eigenvalue weighted by molar-refractivity contribution is 0.102. The van der Waals surface area contributed by atoms with Crippen LogP contribution in [0, 0.1) is 13.8 Å². The molecular formula is C23H20Cl3N5O. The summed E-state index contributed by atoms with van der Waals surface area (Å²) >= 11 is 18.7. The van der Waals surface area contributed by atoms with Gasteiger partial charge in [0.25, 0.3) is 5.91 Å². The van der Waals surface area contributed by atoms with E-state index in [-0.39, 0.29) is 5.91 Å². The van der Waals surface area contributed by atoms with Crippen molar-refractivity contribution in [1.29, 1.82) is 0 Å². The fraction of sp³-hybridized carbons (Fsp3) is 0.174. The average Bonchev–Trinajstić information content (AvgIpc) is 3.31. The summed E-state index contributed by atoms with van der Waals surface area (Å²) in [7, 11) is 0. The van der Waals surface area contributed by atoms with E-state index in [2.05, 4.69) is 15.5 Å². The number of anilines is 1. The van der Waals surface area contributed by atoms with Crippen molar-refractivity contribution in [2.45, 2.75) is 26.9 Å². The summed E-state index contributed by atoms with van der Waals surface area (Å²) in [6, 6.07) is 14.4. The van der Waals surface area contributed by atoms with Crippen LogP contribution >= 0.6 is 34.8 Å². The molecule has 2 aromatic carbocycles. The molecule has 9 heteroatoms. The van der Waals surface area contributed by atoms with Gasteiger partial charge in [0.15, 0.2) is 5.82 Å². The summed E-state index contributed by atoms with van der Waals surface area (Å²) in [6.45, 7) is 4.79. The van der Waals surface area contributed by atoms with Crippen molar-refractivity contribution < 1.29 is 4.79 Å². The third kappa shape index (κ3) is 4.83. The zero-order chi connectivity index (χ0) is 22.8. The molecule has 0 aliphatic carbocycles. The molecule has 0 saturated carbocycles. The third-order valence-corrected chi connectivity index (χ3v) is 6.36. The van der Waals surface area contributed by atoms with Crippen LogP contribution in [0.15, 0.2) is 54.7 Å². The van der Waals surface area contributed by atoms with Gasteiger partial charge in [-0.25, -0.2) is 0 Å². The van der Waals surface area contributed by atoms with Gasteiger partial charge < -0.3 is 5.32 Å². The number of amides is 1. The molecule has 0 fully saturated rings. The number of carbonyl (C=O) groups is 1. The topological polar surface area (TPSA) is 64.7 Å². The van der Waals surface area contributed by atoms with E-state index in [9.17, 15) is 4.79 Å². The maximum atomic E-state index is 12.6. The van der Waals surface area contributed by atoms with Crippen LogP contribution < -0.4 is 5.32 Å². The van der Waals surface area contributed by atoms with Crippen molar-refractivity contribution in [3.8, 4) is 0 Å². The van der Waals surface area contributed by atoms with Crippen molar-refractivity contribution in [3.63, 3.8) is 0 Å². The number of nitrogens with one attached hydrogen (secondary N) is 1. The lowest BCUT2D eigenvalue weighted by Crippen LogP contribution is -2.13. The van der Waals surface area contributed by atoms with E-state index in [1.165, 1.54) is 0 Å². The summed E-state index contributed by atoms with van der Waals surface area (Å²) in [4.78, 5) is 12.6. The van der Waals surface area contributed by atoms with Crippen molar-refractivity contribution >= 4 is 46.5 Å². The minimum absolute atomic E-state index is 0.244. The molecule has 0 bridgehead atoms. The Kier molecular flexibility index (Phi) is 6.55. The quantitative estimate of drug-likeness (QED) is 0.362. The predicted octanol–water partition coefficient (Wildman–Crippen LogP) is 6.01. The van der Waals surface area contributed by atoms with Crippen LogP contribution in [0.4, 0.5) is 5.82 Å². The molecule has 4 rings (SSSR count). The molecule has 1 amide bonds. The Morgan fingerprint density at radius 1 is 0.938 bits per heavy atom. The van der Waals surface area contributed by atoms with Gasteiger partial charge in [0.2, 0.25) is 0 Å². The van der Waals surface area contributed by atoms with Gasteiger partial charge in [0, 0.05) is 33.4 Å². The fourth-order valence-electron chi connectivity index (χ4n) is 3.31. The van der Waals surface area contributed by atoms with Crippen LogP contribution in [-0.2, 0) is 13.1 Å². The highest BCUT2D eigenvalue weighted by molar-refractivity contribution is 6.36. The van der Waals surface area contributed by atoms with Gasteiger partial charge in [-0.1, -0.05) is 53.0 Å². The molecule has 6 nitrogen and oxygen atoms in total. The zero-order valence-electron chi connectivity index (χ0n) is 17.4. The Balaban J connectivity index is 1.40. The van der Waals surface area contributed by atoms with E-state index in [0.717, 1.165) is 22.5 Å². The van der Waals surface area contributed by atoms with Gasteiger partial charge in [-0.05, 0) is 43.7 Å². The molecule has 0 aliphatic heterocycles. The maximum Gasteiger partial charge on any atom is 0.256 e. The SMILES string of the molecule is Cc1nn(Cc2ccc(C(=O)Nc3ccn(Cc4c(Cl)cccc4Cl)n3)cc2)c(C)c1Cl. The van der Waals surface area contributed by atoms with E-state index >= 15 is 0 Å². The van der Waals surface area contributed by atoms with E-state index in [0.29, 0.717) is 39.5 Å². The summed E-state index contributed by atoms with van der Waals surface area (Å²) in [5, 5.41) is 13.5. The number of nitrogens with zero attached hydrogens (tertiary/aromatic N) is 4. The summed E-state index contributed by atoms with van der Waals surface area (Å²) < 4.78 is 3.52. The molecule has 2 heterocycles. The Labute approximate surface area is 200 Å². The average molecular weight is 489 g/mol. The Morgan fingerprint density at radius 3 is 2.25 bits per heavy atom. The van der Waals surface area contributed by atoms with Gasteiger partial charge in [-0.2, -0.15) is 10.2 Å². The standard InChI is InChI=1S/C23H20Cl3N5O/c1-14-22(26)15(2)31(28-14)12-16-6-8-17(9-7-16)23(32)27-21-10-11-30(29-21)13-18-19(24)4-3-5-20(18)25/h3-11H,12-13H2,1-2H3,(H,27,29,32). The van der Waals surface area contributed by atoms with Crippen molar-refractivity contribution in [2.75, 3.05) is 5.32 Å². The van der Waals surface area contributed by atoms with Crippen molar-refractivity contribution in [2.24, 2.45) is 0 Å². The Hall–Kier alpha value is -2.80. The highest BCUT2D eigenvalue weighted by atomic mass is 35.5. The second-order valence-electron chi connectivity index (χ2n) is 7.39. The number of hydrogen-bond donors (Lipinski definition) is 1. The van der Waals surface area contributed by atoms with Crippen molar-refractivity contribution in [1.82, 2.24) is 19.6 Å². The van der Waals surface area contributed by atoms with E-state index < -0.39 is 0 Å². The number of halogens is 3. The molecular weight excluding hydrogens is 469 g/mol. The molecule has 0 unspecified atom stereocenters. The van der Waals surface area contributed by atoms with Crippen LogP contribution in [0.2, 0.25) is 15.1 Å². The van der Waals surface area contributed by atoms with E-state index in [4.69, 9.17) is 34.8 Å². The van der Waals surface area contributed by atoms with Crippen LogP contribution in [-0.4, -0.2) is 25.5 Å². The zero-order valence-corrected chi connectivity index (χ0v) is 19.7. The molecule has 0 saturated heterocycles. The number of hydrogen-bond acceptors (Lipinski definition) is 3. The molecule has 2 aromatic heterocycles. The minimum Gasteiger partial charge on any atom is -0.305 e. The first-order valence-corrected chi connectivity index (χ1v) is 11.0. The smallest absolute Gasteiger partial charge is 0.256 e. The highest BCUT2D eigenvalue weighted by Gasteiger charge is 2.12. The maximum absolute atomic E-state index is 12.6. The number of aryl methyl sites for hydroxylation is 1. The normalized spacial score (nSPS) is 11.0. The predicted molar refractivity (Wildman–Crippen MR) is 128 cm³/mol. The third-order valence-electron chi connectivity index (χ3n) is 5.11. The lowest BCUT2D eigenvalue weighted by atomic mass is 10.1. The number of benzene rings is 2. The Bertz CT molecular complexity index is 1260. The molecule has 0 atom stereocenters. The Morgan fingerprint density at radius 2 is 1.62 bits per heavy atom. The lowest BCUT2D eigenvalue weighted by Gasteiger charge is -2.07. The first-order chi connectivity index (χ1) is 15.3. The van der Waals surface area contributed by atoms with Crippen LogP contribution in [0.1, 0.15) is 32.9 Å². The molecule has 32 heavy (non-hydrogen) atoms. The number of carbonyl (C=O) groups excluding carboxylic acids is 1. The van der Waals surface area contributed by atoms with Crippen molar-refractivity contribution in [3.05, 3.63) is 97.9 Å². The first-order valence-electron chi connectivity index (χ1n) is 9.88.